The quantitative estimate of drug-likeness (QED) is 0.472. The van der Waals surface area contributed by atoms with Gasteiger partial charge in [0.25, 0.3) is 0 Å². The van der Waals surface area contributed by atoms with Crippen molar-refractivity contribution in [3.63, 3.8) is 0 Å². The lowest BCUT2D eigenvalue weighted by Gasteiger charge is -2.32. The van der Waals surface area contributed by atoms with Gasteiger partial charge >= 0.3 is 17.9 Å². The number of rotatable bonds is 7. The van der Waals surface area contributed by atoms with Crippen LogP contribution in [-0.2, 0) is 23.7 Å². The maximum Gasteiger partial charge on any atom is 0.338 e. The van der Waals surface area contributed by atoms with Gasteiger partial charge in [0, 0.05) is 6.92 Å². The third-order valence-electron chi connectivity index (χ3n) is 5.53. The van der Waals surface area contributed by atoms with Gasteiger partial charge in [-0.3, -0.25) is 4.79 Å². The fraction of sp³-hybridized carbons (Fsp3) is 0.400. The van der Waals surface area contributed by atoms with Crippen LogP contribution < -0.4 is 0 Å². The fourth-order valence-electron chi connectivity index (χ4n) is 3.58. The molecular weight excluding hydrogens is 412 g/mol. The number of carbonyl (C=O) groups excluding carboxylic acids is 3. The average Bonchev–Trinajstić information content (AvgIpc) is 3.09. The van der Waals surface area contributed by atoms with Crippen LogP contribution in [0.2, 0.25) is 0 Å². The molecule has 0 spiro atoms. The summed E-state index contributed by atoms with van der Waals surface area (Å²) >= 11 is 0. The zero-order chi connectivity index (χ0) is 23.3. The Kier molecular flexibility index (Phi) is 7.30. The van der Waals surface area contributed by atoms with Crippen molar-refractivity contribution in [1.82, 2.24) is 0 Å². The highest BCUT2D eigenvalue weighted by Crippen LogP contribution is 2.37. The molecule has 1 fully saturated rings. The molecule has 7 heteroatoms. The zero-order valence-electron chi connectivity index (χ0n) is 18.8. The van der Waals surface area contributed by atoms with E-state index < -0.39 is 35.9 Å². The number of aryl methyl sites for hydroxylation is 2. The van der Waals surface area contributed by atoms with Gasteiger partial charge in [-0.25, -0.2) is 9.59 Å². The van der Waals surface area contributed by atoms with Gasteiger partial charge in [0.05, 0.1) is 17.5 Å². The highest BCUT2D eigenvalue weighted by Gasteiger charge is 2.52. The van der Waals surface area contributed by atoms with Crippen LogP contribution in [0.25, 0.3) is 0 Å². The van der Waals surface area contributed by atoms with Crippen LogP contribution in [0.15, 0.2) is 48.5 Å². The van der Waals surface area contributed by atoms with E-state index in [1.54, 1.807) is 24.3 Å². The van der Waals surface area contributed by atoms with Crippen molar-refractivity contribution in [2.75, 3.05) is 6.61 Å². The van der Waals surface area contributed by atoms with E-state index in [0.717, 1.165) is 11.1 Å². The Hall–Kier alpha value is -3.19. The molecule has 1 aliphatic rings. The van der Waals surface area contributed by atoms with Crippen molar-refractivity contribution >= 4 is 17.9 Å². The molecule has 0 saturated carbocycles. The Labute approximate surface area is 187 Å². The first-order chi connectivity index (χ1) is 15.2. The molecule has 1 aliphatic heterocycles. The van der Waals surface area contributed by atoms with Crippen LogP contribution in [0, 0.1) is 13.8 Å². The number of esters is 3. The van der Waals surface area contributed by atoms with Crippen LogP contribution in [0.4, 0.5) is 0 Å². The topological polar surface area (TPSA) is 88.1 Å². The van der Waals surface area contributed by atoms with Gasteiger partial charge < -0.3 is 18.9 Å². The van der Waals surface area contributed by atoms with Gasteiger partial charge in [-0.15, -0.1) is 0 Å². The molecule has 2 aromatic carbocycles. The molecule has 170 valence electrons. The maximum absolute atomic E-state index is 12.7. The Balaban J connectivity index is 1.77. The summed E-state index contributed by atoms with van der Waals surface area (Å²) in [6, 6.07) is 14.0. The van der Waals surface area contributed by atoms with E-state index in [1.165, 1.54) is 6.92 Å². The van der Waals surface area contributed by atoms with Crippen molar-refractivity contribution < 1.29 is 33.3 Å². The number of hydrogen-bond acceptors (Lipinski definition) is 7. The summed E-state index contributed by atoms with van der Waals surface area (Å²) in [5.74, 6) is -1.55. The summed E-state index contributed by atoms with van der Waals surface area (Å²) in [7, 11) is 0. The van der Waals surface area contributed by atoms with E-state index in [2.05, 4.69) is 0 Å². The second-order valence-corrected chi connectivity index (χ2v) is 8.01. The maximum atomic E-state index is 12.7. The predicted molar refractivity (Wildman–Crippen MR) is 116 cm³/mol. The van der Waals surface area contributed by atoms with E-state index in [0.29, 0.717) is 17.5 Å². The summed E-state index contributed by atoms with van der Waals surface area (Å²) in [5, 5.41) is 0. The lowest BCUT2D eigenvalue weighted by Crippen LogP contribution is -2.46. The number of hydrogen-bond donors (Lipinski definition) is 0. The summed E-state index contributed by atoms with van der Waals surface area (Å²) in [5.41, 5.74) is 1.71. The minimum absolute atomic E-state index is 0.146. The first-order valence-electron chi connectivity index (χ1n) is 10.6. The van der Waals surface area contributed by atoms with Gasteiger partial charge in [0.1, 0.15) is 18.3 Å². The third kappa shape index (κ3) is 5.53. The lowest BCUT2D eigenvalue weighted by atomic mass is 9.94. The molecule has 0 aromatic heterocycles. The summed E-state index contributed by atoms with van der Waals surface area (Å²) in [6.45, 7) is 6.81. The largest absolute Gasteiger partial charge is 0.459 e. The van der Waals surface area contributed by atoms with Crippen LogP contribution in [0.1, 0.15) is 58.5 Å². The molecule has 3 rings (SSSR count). The Morgan fingerprint density at radius 2 is 1.44 bits per heavy atom. The summed E-state index contributed by atoms with van der Waals surface area (Å²) in [4.78, 5) is 36.7. The lowest BCUT2D eigenvalue weighted by molar-refractivity contribution is -0.197. The minimum atomic E-state index is -1.14. The van der Waals surface area contributed by atoms with Gasteiger partial charge in [-0.1, -0.05) is 42.3 Å². The first-order valence-corrected chi connectivity index (χ1v) is 10.6. The van der Waals surface area contributed by atoms with Crippen LogP contribution in [0.5, 0.6) is 0 Å². The summed E-state index contributed by atoms with van der Waals surface area (Å²) in [6.07, 6.45) is -1.15. The molecule has 0 amide bonds. The van der Waals surface area contributed by atoms with E-state index >= 15 is 0 Å². The van der Waals surface area contributed by atoms with E-state index in [9.17, 15) is 14.4 Å². The number of carbonyl (C=O) groups is 3. The molecule has 0 aliphatic carbocycles. The number of benzene rings is 2. The van der Waals surface area contributed by atoms with Gasteiger partial charge in [0.15, 0.2) is 0 Å². The Morgan fingerprint density at radius 3 is 1.94 bits per heavy atom. The average molecular weight is 440 g/mol. The van der Waals surface area contributed by atoms with Crippen LogP contribution in [-0.4, -0.2) is 42.5 Å². The van der Waals surface area contributed by atoms with Crippen molar-refractivity contribution in [3.05, 3.63) is 70.8 Å². The molecule has 0 N–H and O–H groups in total. The molecule has 32 heavy (non-hydrogen) atoms. The van der Waals surface area contributed by atoms with Crippen molar-refractivity contribution in [2.24, 2.45) is 0 Å². The highest BCUT2D eigenvalue weighted by atomic mass is 16.7. The second-order valence-electron chi connectivity index (χ2n) is 8.01. The van der Waals surface area contributed by atoms with Gasteiger partial charge in [-0.2, -0.15) is 0 Å². The van der Waals surface area contributed by atoms with E-state index in [-0.39, 0.29) is 13.0 Å². The summed E-state index contributed by atoms with van der Waals surface area (Å²) < 4.78 is 22.5. The molecular formula is C25H28O7. The second kappa shape index (κ2) is 9.96. The zero-order valence-corrected chi connectivity index (χ0v) is 18.8. The third-order valence-corrected chi connectivity index (χ3v) is 5.53. The number of ether oxygens (including phenoxy) is 4. The highest BCUT2D eigenvalue weighted by molar-refractivity contribution is 5.90. The van der Waals surface area contributed by atoms with E-state index in [4.69, 9.17) is 18.9 Å². The van der Waals surface area contributed by atoms with Crippen molar-refractivity contribution in [1.29, 1.82) is 0 Å². The minimum Gasteiger partial charge on any atom is -0.459 e. The molecule has 1 unspecified atom stereocenters. The molecule has 1 heterocycles. The molecule has 3 atom stereocenters. The molecule has 2 aromatic rings. The normalized spacial score (nSPS) is 22.2. The van der Waals surface area contributed by atoms with Crippen LogP contribution >= 0.6 is 0 Å². The smallest absolute Gasteiger partial charge is 0.338 e. The van der Waals surface area contributed by atoms with Gasteiger partial charge in [-0.05, 0) is 44.5 Å². The van der Waals surface area contributed by atoms with Crippen LogP contribution in [0.3, 0.4) is 0 Å². The Morgan fingerprint density at radius 1 is 0.906 bits per heavy atom. The molecule has 1 saturated heterocycles. The Bertz CT molecular complexity index is 965. The molecule has 0 radical (unpaired) electrons. The standard InChI is InChI=1S/C25H28O7/c1-5-25(15-29-23(27)19-10-6-16(2)7-11-19)21(14-22(32-25)30-18(4)26)31-24(28)20-12-8-17(3)9-13-20/h6-13,21-22H,5,14-15H2,1-4H3/t21-,22?,25+/m0/s1. The molecule has 7 nitrogen and oxygen atoms in total. The van der Waals surface area contributed by atoms with Crippen molar-refractivity contribution in [3.8, 4) is 0 Å². The SMILES string of the molecule is CC[C@]1(COC(=O)c2ccc(C)cc2)OC(OC(C)=O)C[C@@H]1OC(=O)c1ccc(C)cc1. The fourth-order valence-corrected chi connectivity index (χ4v) is 3.58. The predicted octanol–water partition coefficient (Wildman–Crippen LogP) is 4.14. The van der Waals surface area contributed by atoms with Crippen molar-refractivity contribution in [2.45, 2.75) is 58.5 Å². The van der Waals surface area contributed by atoms with Gasteiger partial charge in [0.2, 0.25) is 6.29 Å². The monoisotopic (exact) mass is 440 g/mol. The first kappa shape index (κ1) is 23.5. The van der Waals surface area contributed by atoms with E-state index in [1.807, 2.05) is 45.0 Å². The molecule has 0 bridgehead atoms.